The summed E-state index contributed by atoms with van der Waals surface area (Å²) in [5.74, 6) is -0.280. The number of nitrogens with one attached hydrogen (secondary N) is 2. The molecule has 0 amide bonds. The Balaban J connectivity index is 2.29. The van der Waals surface area contributed by atoms with E-state index in [4.69, 9.17) is 17.3 Å². The highest BCUT2D eigenvalue weighted by Crippen LogP contribution is 2.39. The van der Waals surface area contributed by atoms with Crippen LogP contribution in [0.5, 0.6) is 0 Å². The number of nitrogen functional groups attached to an aromatic ring is 1. The van der Waals surface area contributed by atoms with Gasteiger partial charge in [0.1, 0.15) is 5.82 Å². The van der Waals surface area contributed by atoms with E-state index in [-0.39, 0.29) is 16.4 Å². The quantitative estimate of drug-likeness (QED) is 0.673. The fourth-order valence-corrected chi connectivity index (χ4v) is 2.19. The molecule has 2 heterocycles. The lowest BCUT2D eigenvalue weighted by molar-refractivity contribution is 0.631. The molecule has 0 spiro atoms. The van der Waals surface area contributed by atoms with Gasteiger partial charge in [0.15, 0.2) is 5.82 Å². The van der Waals surface area contributed by atoms with E-state index in [1.165, 1.54) is 12.1 Å². The van der Waals surface area contributed by atoms with Crippen LogP contribution in [-0.2, 0) is 0 Å². The Bertz CT molecular complexity index is 700. The van der Waals surface area contributed by atoms with Crippen molar-refractivity contribution in [3.63, 3.8) is 0 Å². The summed E-state index contributed by atoms with van der Waals surface area (Å²) in [5.41, 5.74) is 7.66. The first-order valence-corrected chi connectivity index (χ1v) is 5.84. The average molecular weight is 278 g/mol. The van der Waals surface area contributed by atoms with Crippen molar-refractivity contribution in [2.24, 2.45) is 0 Å². The molecule has 7 heteroatoms. The van der Waals surface area contributed by atoms with Gasteiger partial charge in [-0.2, -0.15) is 10.2 Å². The number of hydrogen-bond acceptors (Lipinski definition) is 3. The van der Waals surface area contributed by atoms with Crippen molar-refractivity contribution in [3.8, 4) is 22.5 Å². The van der Waals surface area contributed by atoms with Gasteiger partial charge in [-0.1, -0.05) is 17.7 Å². The van der Waals surface area contributed by atoms with E-state index in [1.54, 1.807) is 18.3 Å². The maximum atomic E-state index is 14.0. The summed E-state index contributed by atoms with van der Waals surface area (Å²) in [7, 11) is 0. The summed E-state index contributed by atoms with van der Waals surface area (Å²) in [4.78, 5) is 0. The van der Waals surface area contributed by atoms with Crippen molar-refractivity contribution in [1.29, 1.82) is 0 Å². The second kappa shape index (κ2) is 4.40. The monoisotopic (exact) mass is 277 g/mol. The molecule has 4 N–H and O–H groups in total. The normalized spacial score (nSPS) is 10.8. The van der Waals surface area contributed by atoms with Gasteiger partial charge < -0.3 is 5.73 Å². The van der Waals surface area contributed by atoms with Crippen molar-refractivity contribution < 1.29 is 4.39 Å². The minimum Gasteiger partial charge on any atom is -0.382 e. The highest BCUT2D eigenvalue weighted by Gasteiger charge is 2.20. The van der Waals surface area contributed by atoms with E-state index in [1.807, 2.05) is 0 Å². The van der Waals surface area contributed by atoms with Crippen molar-refractivity contribution in [2.45, 2.75) is 0 Å². The van der Waals surface area contributed by atoms with E-state index in [0.29, 0.717) is 17.0 Å². The predicted octanol–water partition coefficient (Wildman–Crippen LogP) is 2.84. The molecule has 0 saturated carbocycles. The number of halogens is 2. The van der Waals surface area contributed by atoms with Crippen LogP contribution in [0.15, 0.2) is 30.5 Å². The average Bonchev–Trinajstić information content (AvgIpc) is 2.99. The number of rotatable bonds is 2. The van der Waals surface area contributed by atoms with Gasteiger partial charge in [0, 0.05) is 11.8 Å². The Morgan fingerprint density at radius 3 is 2.68 bits per heavy atom. The molecule has 19 heavy (non-hydrogen) atoms. The van der Waals surface area contributed by atoms with Crippen molar-refractivity contribution in [1.82, 2.24) is 20.4 Å². The van der Waals surface area contributed by atoms with Crippen LogP contribution in [-0.4, -0.2) is 20.4 Å². The minimum absolute atomic E-state index is 0.177. The molecular formula is C12H9ClFN5. The van der Waals surface area contributed by atoms with Gasteiger partial charge in [-0.05, 0) is 18.2 Å². The number of H-pyrrole nitrogens is 2. The van der Waals surface area contributed by atoms with Gasteiger partial charge >= 0.3 is 0 Å². The van der Waals surface area contributed by atoms with E-state index in [9.17, 15) is 4.39 Å². The van der Waals surface area contributed by atoms with Crippen LogP contribution in [0.2, 0.25) is 5.02 Å². The van der Waals surface area contributed by atoms with Crippen LogP contribution in [0.1, 0.15) is 0 Å². The SMILES string of the molecule is Nc1n[nH]c(-c2ccn[nH]2)c1-c1c(F)cccc1Cl. The van der Waals surface area contributed by atoms with Gasteiger partial charge in [-0.25, -0.2) is 4.39 Å². The lowest BCUT2D eigenvalue weighted by Crippen LogP contribution is -1.92. The van der Waals surface area contributed by atoms with E-state index in [0.717, 1.165) is 0 Å². The summed E-state index contributed by atoms with van der Waals surface area (Å²) >= 11 is 6.06. The molecule has 0 atom stereocenters. The Hall–Kier alpha value is -2.34. The third-order valence-corrected chi connectivity index (χ3v) is 3.09. The molecule has 0 aliphatic carbocycles. The van der Waals surface area contributed by atoms with Crippen LogP contribution in [0.4, 0.5) is 10.2 Å². The third-order valence-electron chi connectivity index (χ3n) is 2.78. The molecular weight excluding hydrogens is 269 g/mol. The maximum Gasteiger partial charge on any atom is 0.153 e. The van der Waals surface area contributed by atoms with Crippen molar-refractivity contribution in [2.75, 3.05) is 5.73 Å². The lowest BCUT2D eigenvalue weighted by atomic mass is 10.0. The standard InChI is InChI=1S/C12H9ClFN5/c13-6-2-1-3-7(14)9(6)10-11(18-19-12(10)15)8-4-5-16-17-8/h1-5H,(H,16,17)(H3,15,18,19). The Labute approximate surface area is 112 Å². The zero-order valence-electron chi connectivity index (χ0n) is 9.61. The molecule has 3 rings (SSSR count). The van der Waals surface area contributed by atoms with Gasteiger partial charge in [-0.3, -0.25) is 10.2 Å². The van der Waals surface area contributed by atoms with Crippen LogP contribution in [0.3, 0.4) is 0 Å². The molecule has 0 unspecified atom stereocenters. The maximum absolute atomic E-state index is 14.0. The molecule has 0 bridgehead atoms. The molecule has 5 nitrogen and oxygen atoms in total. The number of anilines is 1. The van der Waals surface area contributed by atoms with Crippen LogP contribution >= 0.6 is 11.6 Å². The Kier molecular flexibility index (Phi) is 2.72. The zero-order chi connectivity index (χ0) is 13.4. The van der Waals surface area contributed by atoms with E-state index < -0.39 is 5.82 Å². The first-order chi connectivity index (χ1) is 9.18. The molecule has 2 aromatic heterocycles. The summed E-state index contributed by atoms with van der Waals surface area (Å²) in [6.07, 6.45) is 1.58. The highest BCUT2D eigenvalue weighted by molar-refractivity contribution is 6.33. The van der Waals surface area contributed by atoms with Gasteiger partial charge in [-0.15, -0.1) is 0 Å². The number of nitrogens with zero attached hydrogens (tertiary/aromatic N) is 2. The summed E-state index contributed by atoms with van der Waals surface area (Å²) in [6.45, 7) is 0. The fraction of sp³-hybridized carbons (Fsp3) is 0. The highest BCUT2D eigenvalue weighted by atomic mass is 35.5. The minimum atomic E-state index is -0.457. The Morgan fingerprint density at radius 2 is 2.00 bits per heavy atom. The molecule has 0 aliphatic rings. The molecule has 0 aliphatic heterocycles. The zero-order valence-corrected chi connectivity index (χ0v) is 10.4. The number of nitrogens with two attached hydrogens (primary N) is 1. The van der Waals surface area contributed by atoms with Crippen LogP contribution in [0, 0.1) is 5.82 Å². The second-order valence-electron chi connectivity index (χ2n) is 3.93. The summed E-state index contributed by atoms with van der Waals surface area (Å²) in [6, 6.07) is 6.19. The van der Waals surface area contributed by atoms with Gasteiger partial charge in [0.25, 0.3) is 0 Å². The molecule has 96 valence electrons. The Morgan fingerprint density at radius 1 is 1.16 bits per heavy atom. The number of benzene rings is 1. The van der Waals surface area contributed by atoms with Crippen LogP contribution < -0.4 is 5.73 Å². The van der Waals surface area contributed by atoms with Gasteiger partial charge in [0.05, 0.1) is 22.0 Å². The molecule has 0 radical (unpaired) electrons. The van der Waals surface area contributed by atoms with Gasteiger partial charge in [0.2, 0.25) is 0 Å². The third kappa shape index (κ3) is 1.86. The topological polar surface area (TPSA) is 83.4 Å². The molecule has 0 fully saturated rings. The van der Waals surface area contributed by atoms with Crippen molar-refractivity contribution >= 4 is 17.4 Å². The smallest absolute Gasteiger partial charge is 0.153 e. The number of hydrogen-bond donors (Lipinski definition) is 3. The molecule has 0 saturated heterocycles. The van der Waals surface area contributed by atoms with E-state index in [2.05, 4.69) is 20.4 Å². The van der Waals surface area contributed by atoms with Crippen LogP contribution in [0.25, 0.3) is 22.5 Å². The van der Waals surface area contributed by atoms with E-state index >= 15 is 0 Å². The van der Waals surface area contributed by atoms with Crippen molar-refractivity contribution in [3.05, 3.63) is 41.3 Å². The first kappa shape index (κ1) is 11.7. The number of aromatic nitrogens is 4. The summed E-state index contributed by atoms with van der Waals surface area (Å²) in [5, 5.41) is 13.6. The number of aromatic amines is 2. The predicted molar refractivity (Wildman–Crippen MR) is 71.0 cm³/mol. The largest absolute Gasteiger partial charge is 0.382 e. The fourth-order valence-electron chi connectivity index (χ4n) is 1.94. The second-order valence-corrected chi connectivity index (χ2v) is 4.33. The molecule has 1 aromatic carbocycles. The molecule has 3 aromatic rings. The lowest BCUT2D eigenvalue weighted by Gasteiger charge is -2.06. The summed E-state index contributed by atoms with van der Waals surface area (Å²) < 4.78 is 14.0. The first-order valence-electron chi connectivity index (χ1n) is 5.46.